The first-order valence-electron chi connectivity index (χ1n) is 9.64. The average molecular weight is 374 g/mol. The van der Waals surface area contributed by atoms with Gasteiger partial charge in [-0.1, -0.05) is 20.8 Å². The van der Waals surface area contributed by atoms with Crippen LogP contribution in [0.25, 0.3) is 0 Å². The number of anilines is 2. The predicted molar refractivity (Wildman–Crippen MR) is 107 cm³/mol. The zero-order valence-corrected chi connectivity index (χ0v) is 16.5. The highest BCUT2D eigenvalue weighted by Crippen LogP contribution is 2.20. The van der Waals surface area contributed by atoms with Crippen LogP contribution in [0.4, 0.5) is 11.6 Å². The molecule has 2 aromatic rings. The van der Waals surface area contributed by atoms with Gasteiger partial charge in [0.1, 0.15) is 36.1 Å². The van der Waals surface area contributed by atoms with Gasteiger partial charge < -0.3 is 20.2 Å². The number of rotatable bonds is 8. The van der Waals surface area contributed by atoms with Crippen molar-refractivity contribution in [2.24, 2.45) is 5.41 Å². The fraction of sp³-hybridized carbons (Fsp3) is 0.600. The third-order valence-electron chi connectivity index (χ3n) is 4.73. The highest BCUT2D eigenvalue weighted by atomic mass is 16.4. The molecule has 0 amide bonds. The van der Waals surface area contributed by atoms with Gasteiger partial charge in [-0.15, -0.1) is 0 Å². The minimum atomic E-state index is -0.0516. The summed E-state index contributed by atoms with van der Waals surface area (Å²) in [6.45, 7) is 10.3. The van der Waals surface area contributed by atoms with Crippen LogP contribution in [0.3, 0.4) is 0 Å². The molecule has 1 fully saturated rings. The first-order valence-corrected chi connectivity index (χ1v) is 9.64. The second kappa shape index (κ2) is 8.71. The fourth-order valence-corrected chi connectivity index (χ4v) is 3.21. The van der Waals surface area contributed by atoms with Crippen LogP contribution >= 0.6 is 0 Å². The first kappa shape index (κ1) is 19.6. The summed E-state index contributed by atoms with van der Waals surface area (Å²) in [5.41, 5.74) is 0.306. The van der Waals surface area contributed by atoms with E-state index in [-0.39, 0.29) is 6.61 Å². The molecule has 3 heterocycles. The summed E-state index contributed by atoms with van der Waals surface area (Å²) < 4.78 is 5.58. The van der Waals surface area contributed by atoms with Crippen molar-refractivity contribution in [3.8, 4) is 0 Å². The highest BCUT2D eigenvalue weighted by molar-refractivity contribution is 5.47. The third-order valence-corrected chi connectivity index (χ3v) is 4.73. The number of hydrogen-bond donors (Lipinski definition) is 3. The molecule has 0 aliphatic carbocycles. The van der Waals surface area contributed by atoms with E-state index in [4.69, 9.17) is 9.52 Å². The van der Waals surface area contributed by atoms with Gasteiger partial charge in [0.2, 0.25) is 0 Å². The van der Waals surface area contributed by atoms with E-state index in [1.54, 1.807) is 6.33 Å². The molecule has 0 aromatic carbocycles. The summed E-state index contributed by atoms with van der Waals surface area (Å²) in [6, 6.07) is 6.10. The van der Waals surface area contributed by atoms with Gasteiger partial charge in [0.05, 0.1) is 6.54 Å². The van der Waals surface area contributed by atoms with E-state index in [0.717, 1.165) is 56.4 Å². The minimum Gasteiger partial charge on any atom is -0.462 e. The summed E-state index contributed by atoms with van der Waals surface area (Å²) >= 11 is 0. The van der Waals surface area contributed by atoms with Crippen LogP contribution in [-0.4, -0.2) is 45.7 Å². The second-order valence-corrected chi connectivity index (χ2v) is 8.42. The van der Waals surface area contributed by atoms with E-state index < -0.39 is 0 Å². The Morgan fingerprint density at radius 1 is 1.22 bits per heavy atom. The smallest absolute Gasteiger partial charge is 0.131 e. The van der Waals surface area contributed by atoms with Crippen LogP contribution in [0.1, 0.15) is 45.1 Å². The van der Waals surface area contributed by atoms with Gasteiger partial charge in [0.15, 0.2) is 0 Å². The summed E-state index contributed by atoms with van der Waals surface area (Å²) in [7, 11) is 0. The largest absolute Gasteiger partial charge is 0.462 e. The first-order chi connectivity index (χ1) is 12.9. The van der Waals surface area contributed by atoms with Gasteiger partial charge in [-0.25, -0.2) is 9.97 Å². The molecule has 1 aliphatic rings. The zero-order valence-electron chi connectivity index (χ0n) is 16.5. The predicted octanol–water partition coefficient (Wildman–Crippen LogP) is 3.10. The zero-order chi connectivity index (χ0) is 19.3. The Labute approximate surface area is 161 Å². The molecular weight excluding hydrogens is 342 g/mol. The van der Waals surface area contributed by atoms with E-state index in [2.05, 4.69) is 46.3 Å². The van der Waals surface area contributed by atoms with E-state index in [9.17, 15) is 0 Å². The molecule has 148 valence electrons. The van der Waals surface area contributed by atoms with Gasteiger partial charge in [-0.2, -0.15) is 0 Å². The van der Waals surface area contributed by atoms with Crippen molar-refractivity contribution in [3.63, 3.8) is 0 Å². The Hall–Kier alpha value is -2.12. The summed E-state index contributed by atoms with van der Waals surface area (Å²) in [4.78, 5) is 11.0. The number of nitrogens with one attached hydrogen (secondary N) is 2. The molecule has 0 spiro atoms. The lowest BCUT2D eigenvalue weighted by Gasteiger charge is -2.19. The van der Waals surface area contributed by atoms with E-state index in [1.165, 1.54) is 0 Å². The van der Waals surface area contributed by atoms with Gasteiger partial charge in [0.25, 0.3) is 0 Å². The third kappa shape index (κ3) is 6.22. The number of aliphatic hydroxyl groups excluding tert-OH is 1. The Balaban J connectivity index is 1.47. The maximum atomic E-state index is 9.10. The van der Waals surface area contributed by atoms with Crippen molar-refractivity contribution in [3.05, 3.63) is 36.0 Å². The molecule has 27 heavy (non-hydrogen) atoms. The number of nitrogens with zero attached hydrogens (tertiary/aromatic N) is 3. The molecule has 1 unspecified atom stereocenters. The molecule has 2 aromatic heterocycles. The normalized spacial score (nSPS) is 18.0. The monoisotopic (exact) mass is 373 g/mol. The Morgan fingerprint density at radius 2 is 2.00 bits per heavy atom. The van der Waals surface area contributed by atoms with Gasteiger partial charge in [-0.3, -0.25) is 4.90 Å². The maximum Gasteiger partial charge on any atom is 0.131 e. The van der Waals surface area contributed by atoms with Crippen molar-refractivity contribution in [2.75, 3.05) is 30.3 Å². The van der Waals surface area contributed by atoms with Crippen molar-refractivity contribution in [1.29, 1.82) is 0 Å². The quantitative estimate of drug-likeness (QED) is 0.655. The molecule has 7 heteroatoms. The Morgan fingerprint density at radius 3 is 2.74 bits per heavy atom. The van der Waals surface area contributed by atoms with Crippen LogP contribution in [0, 0.1) is 5.41 Å². The summed E-state index contributed by atoms with van der Waals surface area (Å²) in [6.07, 6.45) is 3.75. The summed E-state index contributed by atoms with van der Waals surface area (Å²) in [5, 5.41) is 16.0. The van der Waals surface area contributed by atoms with E-state index in [0.29, 0.717) is 17.2 Å². The van der Waals surface area contributed by atoms with Crippen molar-refractivity contribution < 1.29 is 9.52 Å². The van der Waals surface area contributed by atoms with Crippen molar-refractivity contribution in [1.82, 2.24) is 14.9 Å². The minimum absolute atomic E-state index is 0.0516. The molecule has 1 saturated heterocycles. The van der Waals surface area contributed by atoms with Crippen LogP contribution in [0.5, 0.6) is 0 Å². The molecule has 0 radical (unpaired) electrons. The van der Waals surface area contributed by atoms with Crippen LogP contribution < -0.4 is 10.6 Å². The van der Waals surface area contributed by atoms with Crippen LogP contribution in [0.15, 0.2) is 28.9 Å². The number of hydrogen-bond acceptors (Lipinski definition) is 7. The lowest BCUT2D eigenvalue weighted by atomic mass is 9.92. The number of likely N-dealkylation sites (tertiary alicyclic amines) is 1. The van der Waals surface area contributed by atoms with Gasteiger partial charge in [-0.05, 0) is 30.4 Å². The highest BCUT2D eigenvalue weighted by Gasteiger charge is 2.23. The molecule has 7 nitrogen and oxygen atoms in total. The Kier molecular flexibility index (Phi) is 6.34. The van der Waals surface area contributed by atoms with E-state index in [1.807, 2.05) is 18.2 Å². The van der Waals surface area contributed by atoms with Crippen molar-refractivity contribution in [2.45, 2.75) is 52.8 Å². The SMILES string of the molecule is CC(C)(C)CCNc1cc(NC2CCN(Cc3ccc(CO)o3)C2)ncn1. The number of furan rings is 1. The Bertz CT molecular complexity index is 725. The molecule has 3 N–H and O–H groups in total. The lowest BCUT2D eigenvalue weighted by molar-refractivity contribution is 0.232. The molecule has 1 atom stereocenters. The molecule has 0 bridgehead atoms. The number of aromatic nitrogens is 2. The molecule has 0 saturated carbocycles. The molecular formula is C20H31N5O2. The van der Waals surface area contributed by atoms with Crippen LogP contribution in [0.2, 0.25) is 0 Å². The van der Waals surface area contributed by atoms with Gasteiger partial charge in [0, 0.05) is 31.7 Å². The fourth-order valence-electron chi connectivity index (χ4n) is 3.21. The topological polar surface area (TPSA) is 86.5 Å². The second-order valence-electron chi connectivity index (χ2n) is 8.42. The summed E-state index contributed by atoms with van der Waals surface area (Å²) in [5.74, 6) is 3.23. The van der Waals surface area contributed by atoms with Gasteiger partial charge >= 0.3 is 0 Å². The maximum absolute atomic E-state index is 9.10. The lowest BCUT2D eigenvalue weighted by Crippen LogP contribution is -2.26. The van der Waals surface area contributed by atoms with Crippen molar-refractivity contribution >= 4 is 11.6 Å². The molecule has 3 rings (SSSR count). The van der Waals surface area contributed by atoms with E-state index >= 15 is 0 Å². The standard InChI is InChI=1S/C20H31N5O2/c1-20(2,3)7-8-21-18-10-19(23-14-22-18)24-15-6-9-25(11-15)12-16-4-5-17(13-26)27-16/h4-5,10,14-15,26H,6-9,11-13H2,1-3H3,(H2,21,22,23,24). The van der Waals surface area contributed by atoms with Crippen LogP contribution in [-0.2, 0) is 13.2 Å². The average Bonchev–Trinajstić information content (AvgIpc) is 3.24. The number of aliphatic hydroxyl groups is 1. The molecule has 1 aliphatic heterocycles.